The quantitative estimate of drug-likeness (QED) is 0.789. The molecule has 0 amide bonds. The molecule has 1 N–H and O–H groups in total. The van der Waals surface area contributed by atoms with Crippen molar-refractivity contribution in [2.45, 2.75) is 13.5 Å². The van der Waals surface area contributed by atoms with Crippen molar-refractivity contribution in [2.75, 3.05) is 5.32 Å². The lowest BCUT2D eigenvalue weighted by atomic mass is 10.2. The number of aromatic nitrogens is 2. The molecule has 0 saturated heterocycles. The van der Waals surface area contributed by atoms with Crippen LogP contribution in [-0.4, -0.2) is 10.1 Å². The average molecular weight is 290 g/mol. The lowest BCUT2D eigenvalue weighted by Gasteiger charge is -2.05. The maximum absolute atomic E-state index is 6.06. The molecule has 0 radical (unpaired) electrons. The van der Waals surface area contributed by atoms with E-state index in [2.05, 4.69) is 15.5 Å². The molecule has 5 nitrogen and oxygen atoms in total. The van der Waals surface area contributed by atoms with Gasteiger partial charge in [0.25, 0.3) is 0 Å². The Labute approximate surface area is 120 Å². The second kappa shape index (κ2) is 5.38. The van der Waals surface area contributed by atoms with Crippen LogP contribution >= 0.6 is 11.6 Å². The lowest BCUT2D eigenvalue weighted by molar-refractivity contribution is 0.382. The van der Waals surface area contributed by atoms with Gasteiger partial charge in [-0.25, -0.2) is 0 Å². The summed E-state index contributed by atoms with van der Waals surface area (Å²) in [5.41, 5.74) is 1.94. The Morgan fingerprint density at radius 3 is 2.95 bits per heavy atom. The molecule has 0 saturated carbocycles. The van der Waals surface area contributed by atoms with Crippen LogP contribution in [0.1, 0.15) is 11.5 Å². The molecule has 0 spiro atoms. The summed E-state index contributed by atoms with van der Waals surface area (Å²) in [5, 5.41) is 7.75. The minimum absolute atomic E-state index is 0.424. The standard InChI is InChI=1S/C14H12ClN3O2/c1-9-4-5-10(7-11(9)15)16-8-13-17-14(18-20-13)12-3-2-6-19-12/h2-7,16H,8H2,1H3. The van der Waals surface area contributed by atoms with Crippen LogP contribution in [0.5, 0.6) is 0 Å². The Balaban J connectivity index is 1.68. The highest BCUT2D eigenvalue weighted by Crippen LogP contribution is 2.21. The molecule has 0 atom stereocenters. The molecule has 20 heavy (non-hydrogen) atoms. The van der Waals surface area contributed by atoms with E-state index in [0.29, 0.717) is 24.0 Å². The number of hydrogen-bond donors (Lipinski definition) is 1. The van der Waals surface area contributed by atoms with Crippen LogP contribution in [0.25, 0.3) is 11.6 Å². The van der Waals surface area contributed by atoms with Crippen molar-refractivity contribution in [3.63, 3.8) is 0 Å². The predicted octanol–water partition coefficient (Wildman–Crippen LogP) is 3.90. The Hall–Kier alpha value is -2.27. The van der Waals surface area contributed by atoms with Gasteiger partial charge in [0.1, 0.15) is 0 Å². The second-order valence-electron chi connectivity index (χ2n) is 4.31. The van der Waals surface area contributed by atoms with Gasteiger partial charge >= 0.3 is 0 Å². The van der Waals surface area contributed by atoms with Crippen LogP contribution < -0.4 is 5.32 Å². The maximum Gasteiger partial charge on any atom is 0.246 e. The monoisotopic (exact) mass is 289 g/mol. The van der Waals surface area contributed by atoms with E-state index < -0.39 is 0 Å². The van der Waals surface area contributed by atoms with Crippen molar-refractivity contribution in [2.24, 2.45) is 0 Å². The highest BCUT2D eigenvalue weighted by molar-refractivity contribution is 6.31. The van der Waals surface area contributed by atoms with Gasteiger partial charge < -0.3 is 14.3 Å². The Morgan fingerprint density at radius 1 is 1.30 bits per heavy atom. The number of benzene rings is 1. The molecule has 0 aliphatic heterocycles. The van der Waals surface area contributed by atoms with Gasteiger partial charge in [0, 0.05) is 10.7 Å². The molecule has 2 aromatic heterocycles. The topological polar surface area (TPSA) is 64.1 Å². The summed E-state index contributed by atoms with van der Waals surface area (Å²) in [4.78, 5) is 4.24. The van der Waals surface area contributed by atoms with E-state index in [0.717, 1.165) is 16.3 Å². The number of aryl methyl sites for hydroxylation is 1. The van der Waals surface area contributed by atoms with Crippen molar-refractivity contribution in [1.29, 1.82) is 0 Å². The van der Waals surface area contributed by atoms with E-state index in [4.69, 9.17) is 20.5 Å². The van der Waals surface area contributed by atoms with Gasteiger partial charge in [-0.2, -0.15) is 4.98 Å². The number of furan rings is 1. The van der Waals surface area contributed by atoms with Crippen molar-refractivity contribution in [3.8, 4) is 11.6 Å². The second-order valence-corrected chi connectivity index (χ2v) is 4.71. The summed E-state index contributed by atoms with van der Waals surface area (Å²) in [7, 11) is 0. The summed E-state index contributed by atoms with van der Waals surface area (Å²) < 4.78 is 10.3. The molecule has 0 aliphatic carbocycles. The fourth-order valence-electron chi connectivity index (χ4n) is 1.71. The average Bonchev–Trinajstić information content (AvgIpc) is 3.09. The van der Waals surface area contributed by atoms with Gasteiger partial charge in [-0.05, 0) is 36.8 Å². The molecule has 6 heteroatoms. The molecule has 0 aliphatic rings. The van der Waals surface area contributed by atoms with Gasteiger partial charge in [-0.1, -0.05) is 22.8 Å². The van der Waals surface area contributed by atoms with E-state index in [9.17, 15) is 0 Å². The first-order valence-corrected chi connectivity index (χ1v) is 6.46. The van der Waals surface area contributed by atoms with Crippen molar-refractivity contribution in [1.82, 2.24) is 10.1 Å². The van der Waals surface area contributed by atoms with E-state index in [1.54, 1.807) is 18.4 Å². The van der Waals surface area contributed by atoms with Crippen LogP contribution in [0, 0.1) is 6.92 Å². The van der Waals surface area contributed by atoms with Crippen LogP contribution in [0.4, 0.5) is 5.69 Å². The maximum atomic E-state index is 6.06. The molecule has 0 unspecified atom stereocenters. The van der Waals surface area contributed by atoms with Crippen molar-refractivity contribution < 1.29 is 8.94 Å². The van der Waals surface area contributed by atoms with Crippen molar-refractivity contribution in [3.05, 3.63) is 53.1 Å². The van der Waals surface area contributed by atoms with E-state index in [-0.39, 0.29) is 0 Å². The van der Waals surface area contributed by atoms with Crippen LogP contribution in [-0.2, 0) is 6.54 Å². The Kier molecular flexibility index (Phi) is 3.43. The third-order valence-electron chi connectivity index (χ3n) is 2.83. The van der Waals surface area contributed by atoms with Gasteiger partial charge in [0.15, 0.2) is 5.76 Å². The highest BCUT2D eigenvalue weighted by atomic mass is 35.5. The summed E-state index contributed by atoms with van der Waals surface area (Å²) >= 11 is 6.06. The van der Waals surface area contributed by atoms with Gasteiger partial charge in [0.2, 0.25) is 11.7 Å². The van der Waals surface area contributed by atoms with Gasteiger partial charge in [-0.15, -0.1) is 0 Å². The van der Waals surface area contributed by atoms with Crippen molar-refractivity contribution >= 4 is 17.3 Å². The zero-order valence-corrected chi connectivity index (χ0v) is 11.5. The molecule has 3 rings (SSSR count). The minimum atomic E-state index is 0.424. The molecular weight excluding hydrogens is 278 g/mol. The Morgan fingerprint density at radius 2 is 2.20 bits per heavy atom. The zero-order valence-electron chi connectivity index (χ0n) is 10.8. The van der Waals surface area contributed by atoms with Crippen LogP contribution in [0.2, 0.25) is 5.02 Å². The molecule has 0 fully saturated rings. The van der Waals surface area contributed by atoms with E-state index >= 15 is 0 Å². The zero-order chi connectivity index (χ0) is 13.9. The first kappa shape index (κ1) is 12.7. The number of rotatable bonds is 4. The third kappa shape index (κ3) is 2.67. The summed E-state index contributed by atoms with van der Waals surface area (Å²) in [6.07, 6.45) is 1.57. The normalized spacial score (nSPS) is 10.7. The largest absolute Gasteiger partial charge is 0.461 e. The SMILES string of the molecule is Cc1ccc(NCc2nc(-c3ccco3)no2)cc1Cl. The lowest BCUT2D eigenvalue weighted by Crippen LogP contribution is -1.99. The fourth-order valence-corrected chi connectivity index (χ4v) is 1.89. The smallest absolute Gasteiger partial charge is 0.246 e. The highest BCUT2D eigenvalue weighted by Gasteiger charge is 2.10. The van der Waals surface area contributed by atoms with Crippen LogP contribution in [0.15, 0.2) is 45.5 Å². The summed E-state index contributed by atoms with van der Waals surface area (Å²) in [6.45, 7) is 2.38. The fraction of sp³-hybridized carbons (Fsp3) is 0.143. The molecule has 2 heterocycles. The third-order valence-corrected chi connectivity index (χ3v) is 3.23. The number of nitrogens with zero attached hydrogens (tertiary/aromatic N) is 2. The predicted molar refractivity (Wildman–Crippen MR) is 75.5 cm³/mol. The van der Waals surface area contributed by atoms with Gasteiger partial charge in [0.05, 0.1) is 12.8 Å². The minimum Gasteiger partial charge on any atom is -0.461 e. The molecule has 1 aromatic carbocycles. The molecule has 0 bridgehead atoms. The molecular formula is C14H12ClN3O2. The number of nitrogens with one attached hydrogen (secondary N) is 1. The number of halogens is 1. The molecule has 3 aromatic rings. The number of anilines is 1. The molecule has 102 valence electrons. The van der Waals surface area contributed by atoms with E-state index in [1.165, 1.54) is 0 Å². The van der Waals surface area contributed by atoms with Gasteiger partial charge in [-0.3, -0.25) is 0 Å². The summed E-state index contributed by atoms with van der Waals surface area (Å²) in [5.74, 6) is 1.50. The summed E-state index contributed by atoms with van der Waals surface area (Å²) in [6, 6.07) is 9.32. The first-order chi connectivity index (χ1) is 9.72. The van der Waals surface area contributed by atoms with E-state index in [1.807, 2.05) is 25.1 Å². The number of hydrogen-bond acceptors (Lipinski definition) is 5. The first-order valence-electron chi connectivity index (χ1n) is 6.09. The van der Waals surface area contributed by atoms with Crippen LogP contribution in [0.3, 0.4) is 0 Å². The Bertz CT molecular complexity index is 707.